The largest absolute Gasteiger partial charge is 0.260 e. The smallest absolute Gasteiger partial charge is 0.0705 e. The van der Waals surface area contributed by atoms with Crippen molar-refractivity contribution >= 4 is 86.6 Å². The molecule has 0 unspecified atom stereocenters. The van der Waals surface area contributed by atoms with Crippen LogP contribution in [-0.4, -0.2) is 19.9 Å². The van der Waals surface area contributed by atoms with Crippen molar-refractivity contribution in [2.45, 2.75) is 279 Å². The quantitative estimate of drug-likeness (QED) is 0.0605. The van der Waals surface area contributed by atoms with E-state index in [0.29, 0.717) is 0 Å². The van der Waals surface area contributed by atoms with Crippen LogP contribution >= 0.6 is 0 Å². The van der Waals surface area contributed by atoms with Crippen molar-refractivity contribution in [1.29, 1.82) is 0 Å². The first-order valence-electron chi connectivity index (χ1n) is 46.8. The Morgan fingerprint density at radius 3 is 1.23 bits per heavy atom. The van der Waals surface area contributed by atoms with Crippen LogP contribution in [0.5, 0.6) is 0 Å². The van der Waals surface area contributed by atoms with Crippen LogP contribution < -0.4 is 0 Å². The number of para-hydroxylation sites is 3. The molecule has 0 fully saturated rings. The van der Waals surface area contributed by atoms with E-state index < -0.39 is 0 Å². The highest BCUT2D eigenvalue weighted by Gasteiger charge is 2.13. The minimum absolute atomic E-state index is 1.03. The topological polar surface area (TPSA) is 51.6 Å². The Labute approximate surface area is 736 Å². The van der Waals surface area contributed by atoms with E-state index in [0.717, 1.165) is 48.7 Å². The van der Waals surface area contributed by atoms with E-state index in [2.05, 4.69) is 358 Å². The molecular formula is C118H144N4. The summed E-state index contributed by atoms with van der Waals surface area (Å²) in [6.45, 7) is 40.1. The van der Waals surface area contributed by atoms with E-state index in [1.807, 2.05) is 36.8 Å². The summed E-state index contributed by atoms with van der Waals surface area (Å²) in [4.78, 5) is 18.2. The van der Waals surface area contributed by atoms with Gasteiger partial charge in [0.15, 0.2) is 0 Å². The van der Waals surface area contributed by atoms with Crippen LogP contribution in [0.1, 0.15) is 260 Å². The maximum atomic E-state index is 4.71. The molecular weight excluding hydrogens is 1470 g/mol. The van der Waals surface area contributed by atoms with Crippen molar-refractivity contribution in [3.8, 4) is 0 Å². The van der Waals surface area contributed by atoms with Crippen molar-refractivity contribution < 1.29 is 0 Å². The van der Waals surface area contributed by atoms with Gasteiger partial charge in [0.25, 0.3) is 0 Å². The van der Waals surface area contributed by atoms with Gasteiger partial charge in [-0.1, -0.05) is 333 Å². The predicted octanol–water partition coefficient (Wildman–Crippen LogP) is 33.9. The normalized spacial score (nSPS) is 10.8. The number of rotatable bonds is 24. The van der Waals surface area contributed by atoms with E-state index in [1.54, 1.807) is 5.56 Å². The zero-order valence-corrected chi connectivity index (χ0v) is 78.0. The first kappa shape index (κ1) is 95.2. The van der Waals surface area contributed by atoms with E-state index in [-0.39, 0.29) is 0 Å². The van der Waals surface area contributed by atoms with Crippen LogP contribution in [0.15, 0.2) is 255 Å². The molecule has 4 nitrogen and oxygen atoms in total. The fraction of sp³-hybridized carbons (Fsp3) is 0.356. The Morgan fingerprint density at radius 1 is 0.205 bits per heavy atom. The number of hydrogen-bond acceptors (Lipinski definition) is 4. The summed E-state index contributed by atoms with van der Waals surface area (Å²) in [5, 5.41) is 17.6. The number of fused-ring (bicyclic) bond motifs is 8. The molecule has 0 spiro atoms. The van der Waals surface area contributed by atoms with Gasteiger partial charge in [0, 0.05) is 51.5 Å². The second kappa shape index (κ2) is 50.7. The Bertz CT molecular complexity index is 5620. The molecule has 0 amide bonds. The standard InChI is InChI=1S/2C16H20.2C15H18.4C14H17N/c1-4-5-9-15-12(2)11-14-8-6-7-10-16(14)13(15)3;1-4-5-8-14-11-12(2)15-9-6-7-10-16(15)13(14)3;1-3-4-7-13-10-11-14-8-5-6-9-15(14)12(13)2;1-3-7-13-11-15-9-6-5-8-14(15)10-12(13)4-2;1-3-4-9-14-11(2)13-8-6-5-7-12(13)10-15-14;1-3-4-7-12-10-15-14-9-6-5-8-13(14)11(12)2;1-3-4-7-12-11(2)10-15-14-9-6-5-8-13(12)14;1-3-7-11-10-12-8-5-6-9-14(12)15-13(11)4-2/h6-8,10-11H,4-5,9H2,1-3H3;6-7,9-11H,4-5,8H2,1-3H3;2*5-6,8-11H,3-4,7H2,1-2H3;5-8,10H,3-4,9H2,1-2H3;3*5-6,8-10H,3-4,7H2,1-2H3. The lowest BCUT2D eigenvalue weighted by Gasteiger charge is -2.12. The fourth-order valence-corrected chi connectivity index (χ4v) is 17.0. The van der Waals surface area contributed by atoms with Gasteiger partial charge in [-0.05, 0) is 320 Å². The molecule has 0 saturated carbocycles. The molecule has 122 heavy (non-hydrogen) atoms. The Balaban J connectivity index is 0.000000158. The summed E-state index contributed by atoms with van der Waals surface area (Å²) in [5.41, 5.74) is 29.1. The van der Waals surface area contributed by atoms with Crippen LogP contribution in [-0.2, 0) is 64.2 Å². The molecule has 16 aromatic rings. The van der Waals surface area contributed by atoms with Gasteiger partial charge in [0.1, 0.15) is 0 Å². The van der Waals surface area contributed by atoms with Crippen molar-refractivity contribution in [2.24, 2.45) is 0 Å². The summed E-state index contributed by atoms with van der Waals surface area (Å²) >= 11 is 0. The number of benzene rings is 12. The summed E-state index contributed by atoms with van der Waals surface area (Å²) in [5.74, 6) is 0. The summed E-state index contributed by atoms with van der Waals surface area (Å²) in [6, 6.07) is 84.5. The molecule has 0 N–H and O–H groups in total. The third kappa shape index (κ3) is 26.7. The highest BCUT2D eigenvalue weighted by atomic mass is 14.7. The molecule has 0 saturated heterocycles. The second-order valence-electron chi connectivity index (χ2n) is 33.5. The van der Waals surface area contributed by atoms with Crippen LogP contribution in [0.25, 0.3) is 86.6 Å². The molecule has 4 heterocycles. The number of hydrogen-bond donors (Lipinski definition) is 0. The Hall–Kier alpha value is -10.7. The number of unbranched alkanes of at least 4 members (excludes halogenated alkanes) is 6. The van der Waals surface area contributed by atoms with Gasteiger partial charge >= 0.3 is 0 Å². The number of aryl methyl sites for hydroxylation is 17. The molecule has 12 aromatic carbocycles. The second-order valence-corrected chi connectivity index (χ2v) is 33.5. The van der Waals surface area contributed by atoms with Gasteiger partial charge in [-0.3, -0.25) is 19.9 Å². The maximum Gasteiger partial charge on any atom is 0.0705 e. The molecule has 636 valence electrons. The molecule has 0 atom stereocenters. The van der Waals surface area contributed by atoms with Crippen molar-refractivity contribution in [3.05, 3.63) is 356 Å². The van der Waals surface area contributed by atoms with Crippen molar-refractivity contribution in [3.63, 3.8) is 0 Å². The molecule has 0 aliphatic heterocycles. The summed E-state index contributed by atoms with van der Waals surface area (Å²) < 4.78 is 0. The molecule has 0 bridgehead atoms. The van der Waals surface area contributed by atoms with Gasteiger partial charge < -0.3 is 0 Å². The Kier molecular flexibility index (Phi) is 39.5. The van der Waals surface area contributed by atoms with Crippen LogP contribution in [0.3, 0.4) is 0 Å². The lowest BCUT2D eigenvalue weighted by molar-refractivity contribution is 0.773. The van der Waals surface area contributed by atoms with E-state index in [1.165, 1.54) is 287 Å². The monoisotopic (exact) mass is 1620 g/mol. The molecule has 4 heteroatoms. The highest BCUT2D eigenvalue weighted by molar-refractivity contribution is 5.91. The molecule has 0 aliphatic rings. The lowest BCUT2D eigenvalue weighted by Crippen LogP contribution is -1.97. The summed E-state index contributed by atoms with van der Waals surface area (Å²) in [7, 11) is 0. The average Bonchev–Trinajstić information content (AvgIpc) is 0.797. The first-order chi connectivity index (χ1) is 59.5. The lowest BCUT2D eigenvalue weighted by atomic mass is 9.92. The SMILES string of the molecule is CCCCc1c(C)cc2ccccc2c1C.CCCCc1c(C)cnc2ccccc12.CCCCc1cc(C)c2ccccc2c1C.CCCCc1ccc2ccccc2c1C.CCCCc1cnc2ccccc2c1C.CCCCc1ncc2ccccc2c1C.CCCc1cc2ccccc2cc1CC.CCCc1cc2ccccc2nc1CC. The average molecular weight is 1620 g/mol. The van der Waals surface area contributed by atoms with Crippen LogP contribution in [0.4, 0.5) is 0 Å². The summed E-state index contributed by atoms with van der Waals surface area (Å²) in [6.07, 6.45) is 35.2. The van der Waals surface area contributed by atoms with Gasteiger partial charge in [0.2, 0.25) is 0 Å². The number of aromatic nitrogens is 4. The van der Waals surface area contributed by atoms with E-state index >= 15 is 0 Å². The van der Waals surface area contributed by atoms with Gasteiger partial charge in [-0.25, -0.2) is 0 Å². The number of pyridine rings is 4. The van der Waals surface area contributed by atoms with Crippen LogP contribution in [0, 0.1) is 55.4 Å². The van der Waals surface area contributed by atoms with Gasteiger partial charge in [0.05, 0.1) is 16.6 Å². The van der Waals surface area contributed by atoms with Gasteiger partial charge in [-0.15, -0.1) is 0 Å². The first-order valence-corrected chi connectivity index (χ1v) is 46.8. The maximum absolute atomic E-state index is 4.71. The molecule has 16 rings (SSSR count). The zero-order valence-electron chi connectivity index (χ0n) is 78.0. The third-order valence-corrected chi connectivity index (χ3v) is 24.5. The molecule has 0 radical (unpaired) electrons. The highest BCUT2D eigenvalue weighted by Crippen LogP contribution is 2.31. The van der Waals surface area contributed by atoms with Crippen molar-refractivity contribution in [2.75, 3.05) is 0 Å². The Morgan fingerprint density at radius 2 is 0.631 bits per heavy atom. The van der Waals surface area contributed by atoms with E-state index in [4.69, 9.17) is 4.98 Å². The minimum Gasteiger partial charge on any atom is -0.260 e. The molecule has 0 aliphatic carbocycles. The predicted molar refractivity (Wildman–Crippen MR) is 539 cm³/mol. The fourth-order valence-electron chi connectivity index (χ4n) is 17.0. The van der Waals surface area contributed by atoms with E-state index in [9.17, 15) is 0 Å². The third-order valence-electron chi connectivity index (χ3n) is 24.5. The van der Waals surface area contributed by atoms with Crippen LogP contribution in [0.2, 0.25) is 0 Å². The van der Waals surface area contributed by atoms with Gasteiger partial charge in [-0.2, -0.15) is 0 Å². The zero-order chi connectivity index (χ0) is 87.1. The minimum atomic E-state index is 1.03. The number of nitrogens with zero attached hydrogens (tertiary/aromatic N) is 4. The van der Waals surface area contributed by atoms with Crippen molar-refractivity contribution in [1.82, 2.24) is 19.9 Å². The molecule has 4 aromatic heterocycles.